The lowest BCUT2D eigenvalue weighted by atomic mass is 10.2. The lowest BCUT2D eigenvalue weighted by Crippen LogP contribution is -1.93. The van der Waals surface area contributed by atoms with Crippen molar-refractivity contribution in [3.63, 3.8) is 0 Å². The molecule has 78 valence electrons. The molecule has 0 saturated carbocycles. The third-order valence-electron chi connectivity index (χ3n) is 2.14. The van der Waals surface area contributed by atoms with Crippen LogP contribution in [0.25, 0.3) is 0 Å². The first kappa shape index (κ1) is 9.71. The largest absolute Gasteiger partial charge is 0.328 e. The van der Waals surface area contributed by atoms with Crippen molar-refractivity contribution in [1.82, 2.24) is 9.97 Å². The van der Waals surface area contributed by atoms with E-state index in [2.05, 4.69) is 15.3 Å². The maximum atomic E-state index is 13.2. The molecule has 0 saturated heterocycles. The molecular weight excluding hydrogens is 193 g/mol. The van der Waals surface area contributed by atoms with Gasteiger partial charge in [-0.05, 0) is 31.5 Å². The molecule has 1 aromatic heterocycles. The summed E-state index contributed by atoms with van der Waals surface area (Å²) in [5.74, 6) is 0.402. The number of benzene rings is 1. The molecule has 1 aromatic carbocycles. The average Bonchev–Trinajstić information content (AvgIpc) is 2.58. The van der Waals surface area contributed by atoms with Crippen molar-refractivity contribution in [2.24, 2.45) is 0 Å². The summed E-state index contributed by atoms with van der Waals surface area (Å²) in [7, 11) is 0. The highest BCUT2D eigenvalue weighted by Gasteiger charge is 2.01. The third-order valence-corrected chi connectivity index (χ3v) is 2.14. The molecule has 0 radical (unpaired) electrons. The van der Waals surface area contributed by atoms with Crippen molar-refractivity contribution in [1.29, 1.82) is 0 Å². The highest BCUT2D eigenvalue weighted by molar-refractivity contribution is 5.54. The summed E-state index contributed by atoms with van der Waals surface area (Å²) in [6, 6.07) is 5.00. The fourth-order valence-electron chi connectivity index (χ4n) is 1.28. The summed E-state index contributed by atoms with van der Waals surface area (Å²) in [6.07, 6.45) is 1.72. The Hall–Kier alpha value is -1.84. The molecule has 0 amide bonds. The van der Waals surface area contributed by atoms with Gasteiger partial charge in [0.25, 0.3) is 0 Å². The van der Waals surface area contributed by atoms with Gasteiger partial charge in [-0.3, -0.25) is 0 Å². The van der Waals surface area contributed by atoms with Crippen LogP contribution in [0.15, 0.2) is 24.4 Å². The van der Waals surface area contributed by atoms with Gasteiger partial charge in [0.1, 0.15) is 5.82 Å². The van der Waals surface area contributed by atoms with E-state index >= 15 is 0 Å². The molecule has 0 aliphatic carbocycles. The van der Waals surface area contributed by atoms with Crippen LogP contribution >= 0.6 is 0 Å². The van der Waals surface area contributed by atoms with Gasteiger partial charge in [-0.1, -0.05) is 6.07 Å². The minimum atomic E-state index is -0.219. The molecular formula is C11H12FN3. The van der Waals surface area contributed by atoms with Crippen LogP contribution in [0.3, 0.4) is 0 Å². The Kier molecular flexibility index (Phi) is 2.41. The van der Waals surface area contributed by atoms with Gasteiger partial charge >= 0.3 is 0 Å². The van der Waals surface area contributed by atoms with Gasteiger partial charge < -0.3 is 10.3 Å². The number of aromatic nitrogens is 2. The van der Waals surface area contributed by atoms with Crippen LogP contribution in [0.5, 0.6) is 0 Å². The minimum Gasteiger partial charge on any atom is -0.328 e. The molecule has 1 heterocycles. The first-order chi connectivity index (χ1) is 7.15. The van der Waals surface area contributed by atoms with E-state index in [1.54, 1.807) is 19.2 Å². The van der Waals surface area contributed by atoms with Gasteiger partial charge in [0.05, 0.1) is 0 Å². The zero-order valence-corrected chi connectivity index (χ0v) is 8.63. The molecule has 4 heteroatoms. The predicted molar refractivity (Wildman–Crippen MR) is 57.7 cm³/mol. The highest BCUT2D eigenvalue weighted by atomic mass is 19.1. The number of H-pyrrole nitrogens is 1. The average molecular weight is 205 g/mol. The maximum Gasteiger partial charge on any atom is 0.204 e. The Morgan fingerprint density at radius 2 is 2.13 bits per heavy atom. The van der Waals surface area contributed by atoms with Crippen molar-refractivity contribution in [2.45, 2.75) is 13.8 Å². The van der Waals surface area contributed by atoms with E-state index in [4.69, 9.17) is 0 Å². The molecule has 2 rings (SSSR count). The van der Waals surface area contributed by atoms with Crippen molar-refractivity contribution in [3.8, 4) is 0 Å². The minimum absolute atomic E-state index is 0.219. The van der Waals surface area contributed by atoms with Gasteiger partial charge in [-0.15, -0.1) is 0 Å². The smallest absolute Gasteiger partial charge is 0.204 e. The summed E-state index contributed by atoms with van der Waals surface area (Å²) >= 11 is 0. The Balaban J connectivity index is 2.21. The molecule has 0 atom stereocenters. The predicted octanol–water partition coefficient (Wildman–Crippen LogP) is 2.91. The van der Waals surface area contributed by atoms with E-state index in [1.807, 2.05) is 13.0 Å². The Labute approximate surface area is 87.4 Å². The maximum absolute atomic E-state index is 13.2. The van der Waals surface area contributed by atoms with Crippen molar-refractivity contribution < 1.29 is 4.39 Å². The molecule has 2 aromatic rings. The van der Waals surface area contributed by atoms with Gasteiger partial charge in [-0.2, -0.15) is 0 Å². The summed E-state index contributed by atoms with van der Waals surface area (Å²) in [5, 5.41) is 2.99. The molecule has 0 aliphatic heterocycles. The van der Waals surface area contributed by atoms with Crippen LogP contribution in [0, 0.1) is 19.7 Å². The second kappa shape index (κ2) is 3.73. The fourth-order valence-corrected chi connectivity index (χ4v) is 1.28. The lowest BCUT2D eigenvalue weighted by molar-refractivity contribution is 0.619. The van der Waals surface area contributed by atoms with E-state index in [-0.39, 0.29) is 5.82 Å². The van der Waals surface area contributed by atoms with E-state index in [0.717, 1.165) is 5.69 Å². The van der Waals surface area contributed by atoms with Gasteiger partial charge in [0.15, 0.2) is 0 Å². The van der Waals surface area contributed by atoms with E-state index < -0.39 is 0 Å². The second-order valence-corrected chi connectivity index (χ2v) is 3.50. The van der Waals surface area contributed by atoms with E-state index in [9.17, 15) is 4.39 Å². The molecule has 0 spiro atoms. The standard InChI is InChI=1S/C11H12FN3/c1-7-3-4-9(5-10(7)12)15-11-13-6-8(2)14-11/h3-6H,1-2H3,(H2,13,14,15). The van der Waals surface area contributed by atoms with Crippen molar-refractivity contribution in [2.75, 3.05) is 5.32 Å². The third kappa shape index (κ3) is 2.15. The zero-order valence-electron chi connectivity index (χ0n) is 8.63. The van der Waals surface area contributed by atoms with Gasteiger partial charge in [0, 0.05) is 17.6 Å². The summed E-state index contributed by atoms with van der Waals surface area (Å²) < 4.78 is 13.2. The first-order valence-corrected chi connectivity index (χ1v) is 4.70. The van der Waals surface area contributed by atoms with Crippen LogP contribution in [0.1, 0.15) is 11.3 Å². The number of aryl methyl sites for hydroxylation is 2. The fraction of sp³-hybridized carbons (Fsp3) is 0.182. The van der Waals surface area contributed by atoms with Crippen LogP contribution in [0.4, 0.5) is 16.0 Å². The molecule has 0 fully saturated rings. The van der Waals surface area contributed by atoms with Crippen LogP contribution < -0.4 is 5.32 Å². The lowest BCUT2D eigenvalue weighted by Gasteiger charge is -2.03. The Morgan fingerprint density at radius 1 is 1.33 bits per heavy atom. The second-order valence-electron chi connectivity index (χ2n) is 3.50. The number of anilines is 2. The SMILES string of the molecule is Cc1cnc(Nc2ccc(C)c(F)c2)[nH]1. The number of halogens is 1. The van der Waals surface area contributed by atoms with E-state index in [0.29, 0.717) is 17.2 Å². The number of nitrogens with one attached hydrogen (secondary N) is 2. The molecule has 0 unspecified atom stereocenters. The molecule has 3 nitrogen and oxygen atoms in total. The monoisotopic (exact) mass is 205 g/mol. The van der Waals surface area contributed by atoms with Crippen LogP contribution in [-0.4, -0.2) is 9.97 Å². The summed E-state index contributed by atoms with van der Waals surface area (Å²) in [4.78, 5) is 7.09. The molecule has 0 aliphatic rings. The number of rotatable bonds is 2. The highest BCUT2D eigenvalue weighted by Crippen LogP contribution is 2.16. The number of nitrogens with zero attached hydrogens (tertiary/aromatic N) is 1. The number of aromatic amines is 1. The molecule has 15 heavy (non-hydrogen) atoms. The van der Waals surface area contributed by atoms with Crippen LogP contribution in [0.2, 0.25) is 0 Å². The van der Waals surface area contributed by atoms with Crippen LogP contribution in [-0.2, 0) is 0 Å². The molecule has 2 N–H and O–H groups in total. The topological polar surface area (TPSA) is 40.7 Å². The van der Waals surface area contributed by atoms with Crippen molar-refractivity contribution in [3.05, 3.63) is 41.5 Å². The number of imidazole rings is 1. The first-order valence-electron chi connectivity index (χ1n) is 4.70. The summed E-state index contributed by atoms with van der Waals surface area (Å²) in [6.45, 7) is 3.64. The molecule has 0 bridgehead atoms. The zero-order chi connectivity index (χ0) is 10.8. The van der Waals surface area contributed by atoms with E-state index in [1.165, 1.54) is 6.07 Å². The Bertz CT molecular complexity index is 476. The quantitative estimate of drug-likeness (QED) is 0.791. The number of hydrogen-bond donors (Lipinski definition) is 2. The normalized spacial score (nSPS) is 10.3. The summed E-state index contributed by atoms with van der Waals surface area (Å²) in [5.41, 5.74) is 2.29. The van der Waals surface area contributed by atoms with Gasteiger partial charge in [-0.25, -0.2) is 9.37 Å². The Morgan fingerprint density at radius 3 is 2.73 bits per heavy atom. The number of hydrogen-bond acceptors (Lipinski definition) is 2. The van der Waals surface area contributed by atoms with Crippen molar-refractivity contribution >= 4 is 11.6 Å². The van der Waals surface area contributed by atoms with Gasteiger partial charge in [0.2, 0.25) is 5.95 Å².